The number of ether oxygens (including phenoxy) is 1. The first-order chi connectivity index (χ1) is 15.8. The molecule has 0 saturated carbocycles. The van der Waals surface area contributed by atoms with Crippen LogP contribution in [0, 0.1) is 13.8 Å². The lowest BCUT2D eigenvalue weighted by Gasteiger charge is -2.43. The molecule has 172 valence electrons. The molecule has 1 aromatic heterocycles. The summed E-state index contributed by atoms with van der Waals surface area (Å²) in [5.41, 5.74) is 3.74. The van der Waals surface area contributed by atoms with Crippen LogP contribution in [-0.2, 0) is 16.1 Å². The van der Waals surface area contributed by atoms with Crippen LogP contribution >= 0.6 is 0 Å². The van der Waals surface area contributed by atoms with Crippen molar-refractivity contribution in [1.29, 1.82) is 0 Å². The largest absolute Gasteiger partial charge is 0.385 e. The predicted molar refractivity (Wildman–Crippen MR) is 128 cm³/mol. The van der Waals surface area contributed by atoms with Crippen molar-refractivity contribution in [2.24, 2.45) is 0 Å². The van der Waals surface area contributed by atoms with Crippen LogP contribution in [0.1, 0.15) is 35.0 Å². The maximum atomic E-state index is 13.8. The van der Waals surface area contributed by atoms with Crippen LogP contribution in [-0.4, -0.2) is 47.4 Å². The molecule has 0 saturated heterocycles. The Morgan fingerprint density at radius 2 is 1.82 bits per heavy atom. The molecule has 7 heteroatoms. The smallest absolute Gasteiger partial charge is 0.277 e. The number of fused-ring (bicyclic) bond motifs is 1. The van der Waals surface area contributed by atoms with E-state index in [1.54, 1.807) is 23.6 Å². The third kappa shape index (κ3) is 4.41. The van der Waals surface area contributed by atoms with E-state index in [-0.39, 0.29) is 18.4 Å². The number of aryl methyl sites for hydroxylation is 2. The summed E-state index contributed by atoms with van der Waals surface area (Å²) in [6.07, 6.45) is 0.695. The molecule has 2 amide bonds. The first kappa shape index (κ1) is 22.7. The number of hydrogen-bond acceptors (Lipinski definition) is 4. The van der Waals surface area contributed by atoms with Gasteiger partial charge in [-0.1, -0.05) is 36.4 Å². The van der Waals surface area contributed by atoms with E-state index in [0.29, 0.717) is 36.6 Å². The van der Waals surface area contributed by atoms with Gasteiger partial charge in [-0.25, -0.2) is 0 Å². The number of hydrogen-bond donors (Lipinski definition) is 1. The summed E-state index contributed by atoms with van der Waals surface area (Å²) in [5.74, 6) is -0.455. The molecular weight excluding hydrogens is 416 g/mol. The molecule has 0 unspecified atom stereocenters. The first-order valence-corrected chi connectivity index (χ1v) is 11.2. The van der Waals surface area contributed by atoms with Crippen molar-refractivity contribution in [3.05, 3.63) is 71.4 Å². The standard InChI is InChI=1S/C26H30N4O3/c1-18-13-19(2)15-21(14-18)30-24(31)23-16-22(20-9-6-5-7-10-20)28-29(23)17-26(30,3)25(32)27-11-8-12-33-4/h5-7,9-10,13-16H,8,11-12,17H2,1-4H3,(H,27,32)/t26-/m1/s1. The molecule has 7 nitrogen and oxygen atoms in total. The zero-order valence-corrected chi connectivity index (χ0v) is 19.6. The molecule has 1 aliphatic rings. The Bertz CT molecular complexity index is 1150. The van der Waals surface area contributed by atoms with E-state index in [9.17, 15) is 9.59 Å². The molecule has 0 aliphatic carbocycles. The molecule has 2 aromatic carbocycles. The molecule has 0 spiro atoms. The quantitative estimate of drug-likeness (QED) is 0.561. The van der Waals surface area contributed by atoms with Crippen molar-refractivity contribution < 1.29 is 14.3 Å². The number of methoxy groups -OCH3 is 1. The van der Waals surface area contributed by atoms with Gasteiger partial charge in [-0.2, -0.15) is 5.10 Å². The van der Waals surface area contributed by atoms with Gasteiger partial charge in [-0.05, 0) is 56.5 Å². The summed E-state index contributed by atoms with van der Waals surface area (Å²) in [6.45, 7) is 7.07. The summed E-state index contributed by atoms with van der Waals surface area (Å²) in [5, 5.41) is 7.68. The number of amides is 2. The molecular formula is C26H30N4O3. The second-order valence-electron chi connectivity index (χ2n) is 8.80. The lowest BCUT2D eigenvalue weighted by molar-refractivity contribution is -0.126. The van der Waals surface area contributed by atoms with Crippen LogP contribution in [0.5, 0.6) is 0 Å². The monoisotopic (exact) mass is 446 g/mol. The van der Waals surface area contributed by atoms with Crippen LogP contribution in [0.4, 0.5) is 5.69 Å². The minimum Gasteiger partial charge on any atom is -0.385 e. The molecule has 0 bridgehead atoms. The fourth-order valence-corrected chi connectivity index (χ4v) is 4.42. The number of aromatic nitrogens is 2. The third-order valence-electron chi connectivity index (χ3n) is 5.99. The van der Waals surface area contributed by atoms with Crippen molar-refractivity contribution in [1.82, 2.24) is 15.1 Å². The van der Waals surface area contributed by atoms with Gasteiger partial charge in [0, 0.05) is 31.5 Å². The summed E-state index contributed by atoms with van der Waals surface area (Å²) >= 11 is 0. The minimum absolute atomic E-state index is 0.214. The van der Waals surface area contributed by atoms with Gasteiger partial charge in [0.25, 0.3) is 5.91 Å². The van der Waals surface area contributed by atoms with E-state index in [1.165, 1.54) is 0 Å². The maximum absolute atomic E-state index is 13.8. The molecule has 2 heterocycles. The number of rotatable bonds is 7. The number of carbonyl (C=O) groups is 2. The van der Waals surface area contributed by atoms with Crippen molar-refractivity contribution in [3.63, 3.8) is 0 Å². The summed E-state index contributed by atoms with van der Waals surface area (Å²) in [7, 11) is 1.63. The van der Waals surface area contributed by atoms with E-state index in [0.717, 1.165) is 16.7 Å². The second-order valence-corrected chi connectivity index (χ2v) is 8.80. The fraction of sp³-hybridized carbons (Fsp3) is 0.346. The molecule has 1 N–H and O–H groups in total. The van der Waals surface area contributed by atoms with Crippen LogP contribution in [0.2, 0.25) is 0 Å². The van der Waals surface area contributed by atoms with Crippen LogP contribution in [0.25, 0.3) is 11.3 Å². The van der Waals surface area contributed by atoms with E-state index in [4.69, 9.17) is 9.84 Å². The molecule has 4 rings (SSSR count). The lowest BCUT2D eigenvalue weighted by atomic mass is 9.93. The molecule has 3 aromatic rings. The molecule has 33 heavy (non-hydrogen) atoms. The Labute approximate surface area is 194 Å². The Kier molecular flexibility index (Phi) is 6.33. The van der Waals surface area contributed by atoms with Crippen LogP contribution < -0.4 is 10.2 Å². The SMILES string of the molecule is COCCCNC(=O)[C@@]1(C)Cn2nc(-c3ccccc3)cc2C(=O)N1c1cc(C)cc(C)c1. The van der Waals surface area contributed by atoms with Gasteiger partial charge in [-0.3, -0.25) is 19.2 Å². The highest BCUT2D eigenvalue weighted by Gasteiger charge is 2.48. The number of nitrogens with one attached hydrogen (secondary N) is 1. The summed E-state index contributed by atoms with van der Waals surface area (Å²) in [4.78, 5) is 29.0. The van der Waals surface area contributed by atoms with Crippen molar-refractivity contribution in [2.45, 2.75) is 39.3 Å². The Balaban J connectivity index is 1.77. The van der Waals surface area contributed by atoms with E-state index in [2.05, 4.69) is 11.4 Å². The second kappa shape index (κ2) is 9.19. The van der Waals surface area contributed by atoms with Gasteiger partial charge < -0.3 is 10.1 Å². The topological polar surface area (TPSA) is 76.5 Å². The van der Waals surface area contributed by atoms with Gasteiger partial charge in [0.2, 0.25) is 5.91 Å². The minimum atomic E-state index is -1.14. The van der Waals surface area contributed by atoms with Crippen molar-refractivity contribution >= 4 is 17.5 Å². The third-order valence-corrected chi connectivity index (χ3v) is 5.99. The fourth-order valence-electron chi connectivity index (χ4n) is 4.42. The van der Waals surface area contributed by atoms with E-state index in [1.807, 2.05) is 62.4 Å². The van der Waals surface area contributed by atoms with Crippen molar-refractivity contribution in [2.75, 3.05) is 25.2 Å². The maximum Gasteiger partial charge on any atom is 0.277 e. The zero-order valence-electron chi connectivity index (χ0n) is 19.6. The average molecular weight is 447 g/mol. The highest BCUT2D eigenvalue weighted by molar-refractivity contribution is 6.12. The van der Waals surface area contributed by atoms with Gasteiger partial charge in [0.15, 0.2) is 0 Å². The molecule has 0 fully saturated rings. The predicted octanol–water partition coefficient (Wildman–Crippen LogP) is 3.74. The molecule has 1 atom stereocenters. The van der Waals surface area contributed by atoms with Gasteiger partial charge >= 0.3 is 0 Å². The molecule has 0 radical (unpaired) electrons. The first-order valence-electron chi connectivity index (χ1n) is 11.2. The van der Waals surface area contributed by atoms with Crippen LogP contribution in [0.15, 0.2) is 54.6 Å². The number of nitrogens with zero attached hydrogens (tertiary/aromatic N) is 3. The zero-order chi connectivity index (χ0) is 23.6. The Hall–Kier alpha value is -3.45. The van der Waals surface area contributed by atoms with Gasteiger partial charge in [0.05, 0.1) is 12.2 Å². The van der Waals surface area contributed by atoms with E-state index < -0.39 is 5.54 Å². The van der Waals surface area contributed by atoms with Gasteiger partial charge in [-0.15, -0.1) is 0 Å². The van der Waals surface area contributed by atoms with Crippen molar-refractivity contribution in [3.8, 4) is 11.3 Å². The molecule has 1 aliphatic heterocycles. The lowest BCUT2D eigenvalue weighted by Crippen LogP contribution is -2.64. The summed E-state index contributed by atoms with van der Waals surface area (Å²) in [6, 6.07) is 17.5. The Morgan fingerprint density at radius 3 is 2.48 bits per heavy atom. The Morgan fingerprint density at radius 1 is 1.12 bits per heavy atom. The normalized spacial score (nSPS) is 17.7. The highest BCUT2D eigenvalue weighted by atomic mass is 16.5. The number of benzene rings is 2. The summed E-state index contributed by atoms with van der Waals surface area (Å²) < 4.78 is 6.75. The van der Waals surface area contributed by atoms with Crippen LogP contribution in [0.3, 0.4) is 0 Å². The average Bonchev–Trinajstić information content (AvgIpc) is 3.20. The number of anilines is 1. The van der Waals surface area contributed by atoms with Gasteiger partial charge in [0.1, 0.15) is 11.2 Å². The van der Waals surface area contributed by atoms with E-state index >= 15 is 0 Å². The highest BCUT2D eigenvalue weighted by Crippen LogP contribution is 2.35. The number of carbonyl (C=O) groups excluding carboxylic acids is 2.